The molecule has 3 aromatic rings. The van der Waals surface area contributed by atoms with Crippen molar-refractivity contribution in [1.82, 2.24) is 15.1 Å². The Morgan fingerprint density at radius 2 is 1.71 bits per heavy atom. The highest BCUT2D eigenvalue weighted by Crippen LogP contribution is 2.22. The van der Waals surface area contributed by atoms with E-state index < -0.39 is 0 Å². The minimum Gasteiger partial charge on any atom is -0.403 e. The van der Waals surface area contributed by atoms with Crippen LogP contribution in [-0.2, 0) is 0 Å². The summed E-state index contributed by atoms with van der Waals surface area (Å²) in [4.78, 5) is 14.8. The highest BCUT2D eigenvalue weighted by Gasteiger charge is 2.11. The number of nitrogens with one attached hydrogen (secondary N) is 2. The Bertz CT molecular complexity index is 940. The van der Waals surface area contributed by atoms with Gasteiger partial charge in [-0.05, 0) is 75.3 Å². The van der Waals surface area contributed by atoms with Crippen molar-refractivity contribution in [3.8, 4) is 11.5 Å². The predicted molar refractivity (Wildman–Crippen MR) is 125 cm³/mol. The number of anilines is 2. The number of hydrogen-bond donors (Lipinski definition) is 2. The predicted octanol–water partition coefficient (Wildman–Crippen LogP) is 4.70. The summed E-state index contributed by atoms with van der Waals surface area (Å²) in [6.45, 7) is 4.34. The van der Waals surface area contributed by atoms with E-state index in [9.17, 15) is 4.79 Å². The van der Waals surface area contributed by atoms with Gasteiger partial charge in [-0.1, -0.05) is 29.7 Å². The number of hydrogen-bond acceptors (Lipinski definition) is 6. The molecule has 0 aliphatic carbocycles. The van der Waals surface area contributed by atoms with Gasteiger partial charge in [-0.3, -0.25) is 4.79 Å². The monoisotopic (exact) mass is 441 g/mol. The molecule has 164 valence electrons. The van der Waals surface area contributed by atoms with Crippen LogP contribution in [-0.4, -0.2) is 47.2 Å². The average Bonchev–Trinajstić information content (AvgIpc) is 3.27. The lowest BCUT2D eigenvalue weighted by Crippen LogP contribution is -2.31. The van der Waals surface area contributed by atoms with Gasteiger partial charge in [0.15, 0.2) is 0 Å². The summed E-state index contributed by atoms with van der Waals surface area (Å²) in [5, 5.41) is 14.3. The van der Waals surface area contributed by atoms with Crippen molar-refractivity contribution in [1.29, 1.82) is 0 Å². The third-order valence-electron chi connectivity index (χ3n) is 5.23. The van der Waals surface area contributed by atoms with E-state index in [-0.39, 0.29) is 18.3 Å². The lowest BCUT2D eigenvalue weighted by molar-refractivity contribution is 0.102. The first-order valence-corrected chi connectivity index (χ1v) is 10.5. The highest BCUT2D eigenvalue weighted by molar-refractivity contribution is 6.04. The molecule has 0 spiro atoms. The molecular formula is C23H28ClN5O2. The smallest absolute Gasteiger partial charge is 0.315 e. The molecule has 0 atom stereocenters. The minimum absolute atomic E-state index is 0. The Morgan fingerprint density at radius 1 is 0.968 bits per heavy atom. The number of aromatic nitrogens is 2. The molecule has 8 heteroatoms. The van der Waals surface area contributed by atoms with Gasteiger partial charge in [-0.15, -0.1) is 17.5 Å². The van der Waals surface area contributed by atoms with Gasteiger partial charge in [0.05, 0.1) is 0 Å². The Hall–Kier alpha value is -2.90. The maximum absolute atomic E-state index is 12.2. The van der Waals surface area contributed by atoms with Gasteiger partial charge < -0.3 is 20.0 Å². The van der Waals surface area contributed by atoms with E-state index >= 15 is 0 Å². The Balaban J connectivity index is 0.00000272. The molecule has 2 N–H and O–H groups in total. The Kier molecular flexibility index (Phi) is 8.44. The van der Waals surface area contributed by atoms with Crippen LogP contribution in [0.15, 0.2) is 59.0 Å². The molecule has 0 bridgehead atoms. The summed E-state index contributed by atoms with van der Waals surface area (Å²) < 4.78 is 5.72. The second kappa shape index (κ2) is 11.5. The zero-order chi connectivity index (χ0) is 20.6. The minimum atomic E-state index is -0.142. The molecular weight excluding hydrogens is 414 g/mol. The van der Waals surface area contributed by atoms with Crippen molar-refractivity contribution in [2.75, 3.05) is 36.8 Å². The van der Waals surface area contributed by atoms with Crippen LogP contribution in [0.4, 0.5) is 11.7 Å². The van der Waals surface area contributed by atoms with Gasteiger partial charge in [-0.25, -0.2) is 0 Å². The largest absolute Gasteiger partial charge is 0.403 e. The van der Waals surface area contributed by atoms with Crippen molar-refractivity contribution < 1.29 is 9.21 Å². The first-order valence-electron chi connectivity index (χ1n) is 10.5. The first kappa shape index (κ1) is 22.8. The average molecular weight is 442 g/mol. The molecule has 7 nitrogen and oxygen atoms in total. The van der Waals surface area contributed by atoms with E-state index in [2.05, 4.69) is 25.7 Å². The molecule has 1 aromatic heterocycles. The van der Waals surface area contributed by atoms with Crippen LogP contribution >= 0.6 is 12.4 Å². The standard InChI is InChI=1S/C23H27N5O2.ClH/c29-21(18-8-3-1-4-9-18)25-20-12-10-19(11-13-20)22-26-27-23(30-22)24-14-7-17-28-15-5-2-6-16-28;/h1,3-4,8-13H,2,5-7,14-17H2,(H,24,27)(H,25,29);1H. The third kappa shape index (κ3) is 6.54. The normalized spacial score (nSPS) is 13.9. The van der Waals surface area contributed by atoms with Gasteiger partial charge in [0.1, 0.15) is 0 Å². The number of halogens is 1. The molecule has 1 aliphatic heterocycles. The fourth-order valence-corrected chi connectivity index (χ4v) is 3.58. The fraction of sp³-hybridized carbons (Fsp3) is 0.348. The second-order valence-corrected chi connectivity index (χ2v) is 7.49. The molecule has 31 heavy (non-hydrogen) atoms. The van der Waals surface area contributed by atoms with Crippen molar-refractivity contribution in [2.24, 2.45) is 0 Å². The van der Waals surface area contributed by atoms with Gasteiger partial charge in [0.25, 0.3) is 5.91 Å². The van der Waals surface area contributed by atoms with Crippen molar-refractivity contribution in [3.63, 3.8) is 0 Å². The van der Waals surface area contributed by atoms with Crippen LogP contribution in [0, 0.1) is 0 Å². The number of benzene rings is 2. The zero-order valence-electron chi connectivity index (χ0n) is 17.4. The topological polar surface area (TPSA) is 83.3 Å². The summed E-state index contributed by atoms with van der Waals surface area (Å²) in [6.07, 6.45) is 5.04. The van der Waals surface area contributed by atoms with Crippen LogP contribution in [0.2, 0.25) is 0 Å². The summed E-state index contributed by atoms with van der Waals surface area (Å²) in [7, 11) is 0. The summed E-state index contributed by atoms with van der Waals surface area (Å²) in [5.41, 5.74) is 2.14. The Labute approximate surface area is 188 Å². The zero-order valence-corrected chi connectivity index (χ0v) is 18.2. The van der Waals surface area contributed by atoms with Crippen molar-refractivity contribution in [2.45, 2.75) is 25.7 Å². The molecule has 0 radical (unpaired) electrons. The van der Waals surface area contributed by atoms with Gasteiger partial charge in [0.2, 0.25) is 5.89 Å². The summed E-state index contributed by atoms with van der Waals surface area (Å²) >= 11 is 0. The number of piperidine rings is 1. The van der Waals surface area contributed by atoms with Gasteiger partial charge in [-0.2, -0.15) is 0 Å². The molecule has 2 aromatic carbocycles. The Morgan fingerprint density at radius 3 is 2.45 bits per heavy atom. The van der Waals surface area contributed by atoms with Crippen LogP contribution in [0.5, 0.6) is 0 Å². The molecule has 1 fully saturated rings. The van der Waals surface area contributed by atoms with E-state index in [0.717, 1.165) is 25.1 Å². The molecule has 4 rings (SSSR count). The lowest BCUT2D eigenvalue weighted by atomic mass is 10.1. The van der Waals surface area contributed by atoms with E-state index in [1.165, 1.54) is 32.4 Å². The van der Waals surface area contributed by atoms with Crippen LogP contribution in [0.1, 0.15) is 36.0 Å². The summed E-state index contributed by atoms with van der Waals surface area (Å²) in [5.74, 6) is 0.312. The van der Waals surface area contributed by atoms with E-state index in [0.29, 0.717) is 23.2 Å². The van der Waals surface area contributed by atoms with Gasteiger partial charge in [0, 0.05) is 23.4 Å². The number of amides is 1. The number of carbonyl (C=O) groups is 1. The maximum Gasteiger partial charge on any atom is 0.315 e. The number of nitrogens with zero attached hydrogens (tertiary/aromatic N) is 3. The first-order chi connectivity index (χ1) is 14.8. The van der Waals surface area contributed by atoms with Crippen molar-refractivity contribution >= 4 is 30.0 Å². The van der Waals surface area contributed by atoms with Crippen LogP contribution in [0.25, 0.3) is 11.5 Å². The molecule has 0 saturated carbocycles. The van der Waals surface area contributed by atoms with Crippen LogP contribution < -0.4 is 10.6 Å². The van der Waals surface area contributed by atoms with Crippen molar-refractivity contribution in [3.05, 3.63) is 60.2 Å². The van der Waals surface area contributed by atoms with E-state index in [4.69, 9.17) is 4.42 Å². The number of rotatable bonds is 8. The molecule has 1 amide bonds. The van der Waals surface area contributed by atoms with Crippen LogP contribution in [0.3, 0.4) is 0 Å². The number of carbonyl (C=O) groups excluding carboxylic acids is 1. The third-order valence-corrected chi connectivity index (χ3v) is 5.23. The highest BCUT2D eigenvalue weighted by atomic mass is 35.5. The van der Waals surface area contributed by atoms with E-state index in [1.54, 1.807) is 12.1 Å². The maximum atomic E-state index is 12.2. The fourth-order valence-electron chi connectivity index (χ4n) is 3.58. The van der Waals surface area contributed by atoms with E-state index in [1.807, 2.05) is 42.5 Å². The molecule has 0 unspecified atom stereocenters. The molecule has 1 saturated heterocycles. The second-order valence-electron chi connectivity index (χ2n) is 7.49. The summed E-state index contributed by atoms with van der Waals surface area (Å²) in [6, 6.07) is 16.9. The molecule has 2 heterocycles. The lowest BCUT2D eigenvalue weighted by Gasteiger charge is -2.26. The number of likely N-dealkylation sites (tertiary alicyclic amines) is 1. The van der Waals surface area contributed by atoms with Gasteiger partial charge >= 0.3 is 6.01 Å². The molecule has 1 aliphatic rings. The quantitative estimate of drug-likeness (QED) is 0.493. The SMILES string of the molecule is Cl.O=C(Nc1ccc(-c2nnc(NCCCN3CCCCC3)o2)cc1)c1ccccc1.